The van der Waals surface area contributed by atoms with E-state index in [1.807, 2.05) is 25.1 Å². The maximum atomic E-state index is 14.9. The molecule has 3 aromatic rings. The van der Waals surface area contributed by atoms with Crippen molar-refractivity contribution in [2.45, 2.75) is 58.0 Å². The van der Waals surface area contributed by atoms with E-state index < -0.39 is 0 Å². The second kappa shape index (κ2) is 11.1. The molecule has 2 saturated carbocycles. The number of carbonyl (C=O) groups is 1. The third-order valence-electron chi connectivity index (χ3n) is 8.55. The van der Waals surface area contributed by atoms with Crippen LogP contribution in [0.5, 0.6) is 11.5 Å². The number of methoxy groups -OCH3 is 1. The SMILES string of the molecule is CCOC(=O)CC(c1cccc(OCc2cnc(-c3cc(OC)ccc3F)c(N3CC4(CCC4)C3)n2)c1)C1CC1. The highest BCUT2D eigenvalue weighted by molar-refractivity contribution is 5.74. The van der Waals surface area contributed by atoms with E-state index in [-0.39, 0.29) is 24.3 Å². The third-order valence-corrected chi connectivity index (χ3v) is 8.55. The number of nitrogens with zero attached hydrogens (tertiary/aromatic N) is 3. The molecule has 3 fully saturated rings. The van der Waals surface area contributed by atoms with Gasteiger partial charge in [-0.05, 0) is 80.3 Å². The van der Waals surface area contributed by atoms with Gasteiger partial charge in [-0.3, -0.25) is 9.78 Å². The fourth-order valence-corrected chi connectivity index (χ4v) is 6.06. The van der Waals surface area contributed by atoms with Crippen molar-refractivity contribution in [3.05, 3.63) is 65.7 Å². The number of aromatic nitrogens is 2. The topological polar surface area (TPSA) is 73.8 Å². The minimum atomic E-state index is -0.357. The highest BCUT2D eigenvalue weighted by atomic mass is 19.1. The summed E-state index contributed by atoms with van der Waals surface area (Å²) in [6.07, 6.45) is 8.04. The molecule has 1 spiro atoms. The van der Waals surface area contributed by atoms with Gasteiger partial charge in [-0.1, -0.05) is 18.6 Å². The number of rotatable bonds is 11. The Labute approximate surface area is 234 Å². The van der Waals surface area contributed by atoms with Gasteiger partial charge in [0, 0.05) is 24.1 Å². The molecule has 1 atom stereocenters. The van der Waals surface area contributed by atoms with Gasteiger partial charge in [-0.2, -0.15) is 0 Å². The predicted octanol–water partition coefficient (Wildman–Crippen LogP) is 6.31. The number of benzene rings is 2. The van der Waals surface area contributed by atoms with Crippen LogP contribution in [-0.4, -0.2) is 42.7 Å². The van der Waals surface area contributed by atoms with Gasteiger partial charge >= 0.3 is 5.97 Å². The quantitative estimate of drug-likeness (QED) is 0.262. The number of carbonyl (C=O) groups excluding carboxylic acids is 1. The van der Waals surface area contributed by atoms with Crippen LogP contribution in [0.25, 0.3) is 11.3 Å². The molecule has 40 heavy (non-hydrogen) atoms. The molecule has 7 nitrogen and oxygen atoms in total. The van der Waals surface area contributed by atoms with E-state index in [0.717, 1.165) is 37.2 Å². The first-order valence-electron chi connectivity index (χ1n) is 14.3. The van der Waals surface area contributed by atoms with Gasteiger partial charge in [-0.15, -0.1) is 0 Å². The Morgan fingerprint density at radius 1 is 1.15 bits per heavy atom. The van der Waals surface area contributed by atoms with E-state index in [2.05, 4.69) is 16.0 Å². The zero-order valence-electron chi connectivity index (χ0n) is 23.2. The van der Waals surface area contributed by atoms with E-state index in [4.69, 9.17) is 19.2 Å². The number of hydrogen-bond donors (Lipinski definition) is 0. The number of ether oxygens (including phenoxy) is 3. The van der Waals surface area contributed by atoms with Crippen molar-refractivity contribution in [3.8, 4) is 22.8 Å². The molecule has 2 aromatic carbocycles. The van der Waals surface area contributed by atoms with Crippen LogP contribution >= 0.6 is 0 Å². The fraction of sp³-hybridized carbons (Fsp3) is 0.469. The normalized spacial score (nSPS) is 18.0. The molecular weight excluding hydrogens is 509 g/mol. The maximum Gasteiger partial charge on any atom is 0.306 e. The molecule has 0 radical (unpaired) electrons. The number of esters is 1. The van der Waals surface area contributed by atoms with Crippen molar-refractivity contribution in [2.24, 2.45) is 11.3 Å². The van der Waals surface area contributed by atoms with Crippen LogP contribution in [0.15, 0.2) is 48.7 Å². The summed E-state index contributed by atoms with van der Waals surface area (Å²) in [5.74, 6) is 2.10. The smallest absolute Gasteiger partial charge is 0.306 e. The molecule has 0 bridgehead atoms. The summed E-state index contributed by atoms with van der Waals surface area (Å²) in [4.78, 5) is 24.0. The molecule has 1 saturated heterocycles. The summed E-state index contributed by atoms with van der Waals surface area (Å²) < 4.78 is 31.7. The lowest BCUT2D eigenvalue weighted by atomic mass is 9.63. The largest absolute Gasteiger partial charge is 0.497 e. The minimum Gasteiger partial charge on any atom is -0.497 e. The lowest BCUT2D eigenvalue weighted by Crippen LogP contribution is -2.60. The summed E-state index contributed by atoms with van der Waals surface area (Å²) in [5.41, 5.74) is 3.04. The fourth-order valence-electron chi connectivity index (χ4n) is 6.06. The van der Waals surface area contributed by atoms with Crippen molar-refractivity contribution >= 4 is 11.8 Å². The van der Waals surface area contributed by atoms with Crippen LogP contribution in [0, 0.1) is 17.2 Å². The standard InChI is InChI=1S/C32H36FN3O4/c1-3-39-29(37)16-26(21-8-9-21)22-6-4-7-25(14-22)40-18-23-17-34-30(27-15-24(38-2)10-11-28(27)33)31(35-23)36-19-32(20-36)12-5-13-32/h4,6-7,10-11,14-15,17,21,26H,3,5,8-9,12-13,16,18-20H2,1-2H3. The zero-order valence-corrected chi connectivity index (χ0v) is 23.2. The Morgan fingerprint density at radius 3 is 2.67 bits per heavy atom. The Hall–Kier alpha value is -3.68. The van der Waals surface area contributed by atoms with E-state index in [9.17, 15) is 9.18 Å². The molecule has 2 heterocycles. The second-order valence-electron chi connectivity index (χ2n) is 11.4. The van der Waals surface area contributed by atoms with Crippen LogP contribution in [0.2, 0.25) is 0 Å². The van der Waals surface area contributed by atoms with E-state index in [1.54, 1.807) is 25.4 Å². The Kier molecular flexibility index (Phi) is 7.34. The number of hydrogen-bond acceptors (Lipinski definition) is 7. The highest BCUT2D eigenvalue weighted by Gasteiger charge is 2.48. The Bertz CT molecular complexity index is 1380. The average Bonchev–Trinajstić information content (AvgIpc) is 3.75. The maximum absolute atomic E-state index is 14.9. The molecule has 2 aliphatic carbocycles. The molecule has 8 heteroatoms. The molecule has 210 valence electrons. The lowest BCUT2D eigenvalue weighted by molar-refractivity contribution is -0.143. The predicted molar refractivity (Wildman–Crippen MR) is 150 cm³/mol. The summed E-state index contributed by atoms with van der Waals surface area (Å²) >= 11 is 0. The van der Waals surface area contributed by atoms with Gasteiger partial charge in [0.15, 0.2) is 5.82 Å². The second-order valence-corrected chi connectivity index (χ2v) is 11.4. The van der Waals surface area contributed by atoms with Crippen molar-refractivity contribution in [1.29, 1.82) is 0 Å². The van der Waals surface area contributed by atoms with E-state index in [1.165, 1.54) is 25.3 Å². The van der Waals surface area contributed by atoms with Gasteiger partial charge in [0.25, 0.3) is 0 Å². The first kappa shape index (κ1) is 26.5. The van der Waals surface area contributed by atoms with Gasteiger partial charge in [-0.25, -0.2) is 9.37 Å². The Balaban J connectivity index is 1.22. The molecule has 3 aliphatic rings. The molecule has 6 rings (SSSR count). The lowest BCUT2D eigenvalue weighted by Gasteiger charge is -2.56. The summed E-state index contributed by atoms with van der Waals surface area (Å²) in [6.45, 7) is 4.28. The monoisotopic (exact) mass is 545 g/mol. The number of halogens is 1. The molecule has 1 aromatic heterocycles. The van der Waals surface area contributed by atoms with Crippen molar-refractivity contribution < 1.29 is 23.4 Å². The average molecular weight is 546 g/mol. The summed E-state index contributed by atoms with van der Waals surface area (Å²) in [5, 5.41) is 0. The third kappa shape index (κ3) is 5.49. The first-order valence-corrected chi connectivity index (χ1v) is 14.3. The molecule has 0 amide bonds. The molecule has 1 aliphatic heterocycles. The van der Waals surface area contributed by atoms with Crippen LogP contribution in [0.3, 0.4) is 0 Å². The van der Waals surface area contributed by atoms with Crippen LogP contribution < -0.4 is 14.4 Å². The molecule has 0 N–H and O–H groups in total. The van der Waals surface area contributed by atoms with Crippen LogP contribution in [-0.2, 0) is 16.1 Å². The van der Waals surface area contributed by atoms with Gasteiger partial charge in [0.2, 0.25) is 0 Å². The summed E-state index contributed by atoms with van der Waals surface area (Å²) in [7, 11) is 1.57. The van der Waals surface area contributed by atoms with Crippen molar-refractivity contribution in [1.82, 2.24) is 9.97 Å². The van der Waals surface area contributed by atoms with Gasteiger partial charge < -0.3 is 19.1 Å². The Morgan fingerprint density at radius 2 is 1.98 bits per heavy atom. The summed E-state index contributed by atoms with van der Waals surface area (Å²) in [6, 6.07) is 12.7. The van der Waals surface area contributed by atoms with E-state index in [0.29, 0.717) is 52.9 Å². The van der Waals surface area contributed by atoms with E-state index >= 15 is 0 Å². The first-order chi connectivity index (χ1) is 19.5. The molecule has 1 unspecified atom stereocenters. The molecular formula is C32H36FN3O4. The number of anilines is 1. The van der Waals surface area contributed by atoms with Gasteiger partial charge in [0.05, 0.1) is 32.0 Å². The van der Waals surface area contributed by atoms with Crippen LogP contribution in [0.1, 0.15) is 62.6 Å². The highest BCUT2D eigenvalue weighted by Crippen LogP contribution is 2.50. The van der Waals surface area contributed by atoms with Crippen LogP contribution in [0.4, 0.5) is 10.2 Å². The van der Waals surface area contributed by atoms with Crippen molar-refractivity contribution in [2.75, 3.05) is 31.7 Å². The van der Waals surface area contributed by atoms with Gasteiger partial charge in [0.1, 0.15) is 29.6 Å². The minimum absolute atomic E-state index is 0.135. The van der Waals surface area contributed by atoms with Crippen molar-refractivity contribution in [3.63, 3.8) is 0 Å². The zero-order chi connectivity index (χ0) is 27.7.